The van der Waals surface area contributed by atoms with Crippen molar-refractivity contribution in [3.8, 4) is 5.75 Å². The van der Waals surface area contributed by atoms with Crippen molar-refractivity contribution in [1.82, 2.24) is 4.90 Å². The van der Waals surface area contributed by atoms with Crippen LogP contribution in [0.4, 0.5) is 0 Å². The molecule has 0 N–H and O–H groups in total. The second kappa shape index (κ2) is 8.54. The number of hydrogen-bond acceptors (Lipinski definition) is 3. The van der Waals surface area contributed by atoms with Gasteiger partial charge in [-0.05, 0) is 64.4 Å². The van der Waals surface area contributed by atoms with Gasteiger partial charge in [0.05, 0.1) is 6.61 Å². The lowest BCUT2D eigenvalue weighted by atomic mass is 9.98. The molecule has 0 saturated carbocycles. The Balaban J connectivity index is 1.60. The first kappa shape index (κ1) is 16.5. The Morgan fingerprint density at radius 2 is 2.10 bits per heavy atom. The molecule has 0 bridgehead atoms. The van der Waals surface area contributed by atoms with E-state index in [-0.39, 0.29) is 0 Å². The SMILES string of the molecule is Cc1c(Br)cccc1OCCCCN1CCC(C=O)CC1. The largest absolute Gasteiger partial charge is 0.493 e. The molecule has 0 aromatic heterocycles. The topological polar surface area (TPSA) is 29.5 Å². The van der Waals surface area contributed by atoms with E-state index in [1.165, 1.54) is 0 Å². The molecule has 0 spiro atoms. The van der Waals surface area contributed by atoms with E-state index in [0.717, 1.165) is 74.0 Å². The van der Waals surface area contributed by atoms with E-state index in [1.54, 1.807) is 0 Å². The summed E-state index contributed by atoms with van der Waals surface area (Å²) in [5.74, 6) is 1.26. The van der Waals surface area contributed by atoms with Crippen LogP contribution in [0.15, 0.2) is 22.7 Å². The highest BCUT2D eigenvalue weighted by molar-refractivity contribution is 9.10. The van der Waals surface area contributed by atoms with Crippen molar-refractivity contribution in [2.24, 2.45) is 5.92 Å². The molecule has 1 saturated heterocycles. The first-order valence-electron chi connectivity index (χ1n) is 7.76. The van der Waals surface area contributed by atoms with Crippen LogP contribution in [-0.2, 0) is 4.79 Å². The number of aldehydes is 1. The molecule has 0 unspecified atom stereocenters. The highest BCUT2D eigenvalue weighted by Gasteiger charge is 2.17. The molecule has 1 aliphatic rings. The summed E-state index contributed by atoms with van der Waals surface area (Å²) < 4.78 is 6.94. The smallest absolute Gasteiger partial charge is 0.123 e. The van der Waals surface area contributed by atoms with Crippen LogP contribution >= 0.6 is 15.9 Å². The predicted molar refractivity (Wildman–Crippen MR) is 88.8 cm³/mol. The molecule has 1 aliphatic heterocycles. The van der Waals surface area contributed by atoms with Gasteiger partial charge in [-0.25, -0.2) is 0 Å². The summed E-state index contributed by atoms with van der Waals surface area (Å²) in [5.41, 5.74) is 1.16. The van der Waals surface area contributed by atoms with Crippen LogP contribution in [0.1, 0.15) is 31.2 Å². The van der Waals surface area contributed by atoms with Crippen LogP contribution in [0.25, 0.3) is 0 Å². The third-order valence-electron chi connectivity index (χ3n) is 4.17. The number of likely N-dealkylation sites (tertiary alicyclic amines) is 1. The van der Waals surface area contributed by atoms with Crippen molar-refractivity contribution in [3.63, 3.8) is 0 Å². The monoisotopic (exact) mass is 353 g/mol. The van der Waals surface area contributed by atoms with Gasteiger partial charge in [0, 0.05) is 16.0 Å². The Kier molecular flexibility index (Phi) is 6.71. The van der Waals surface area contributed by atoms with E-state index in [2.05, 4.69) is 27.8 Å². The summed E-state index contributed by atoms with van der Waals surface area (Å²) in [6.07, 6.45) is 5.39. The van der Waals surface area contributed by atoms with Gasteiger partial charge in [0.2, 0.25) is 0 Å². The molecule has 0 atom stereocenters. The third-order valence-corrected chi connectivity index (χ3v) is 5.03. The fourth-order valence-corrected chi connectivity index (χ4v) is 3.02. The Hall–Kier alpha value is -0.870. The van der Waals surface area contributed by atoms with Crippen LogP contribution in [0, 0.1) is 12.8 Å². The minimum absolute atomic E-state index is 0.295. The fraction of sp³-hybridized carbons (Fsp3) is 0.588. The maximum absolute atomic E-state index is 10.7. The molecule has 0 radical (unpaired) electrons. The quantitative estimate of drug-likeness (QED) is 0.551. The summed E-state index contributed by atoms with van der Waals surface area (Å²) in [6, 6.07) is 6.05. The number of ether oxygens (including phenoxy) is 1. The maximum Gasteiger partial charge on any atom is 0.123 e. The van der Waals surface area contributed by atoms with Crippen LogP contribution < -0.4 is 4.74 Å². The number of unbranched alkanes of at least 4 members (excludes halogenated alkanes) is 1. The van der Waals surface area contributed by atoms with E-state index in [9.17, 15) is 4.79 Å². The van der Waals surface area contributed by atoms with E-state index < -0.39 is 0 Å². The fourth-order valence-electron chi connectivity index (χ4n) is 2.68. The lowest BCUT2D eigenvalue weighted by Crippen LogP contribution is -2.34. The van der Waals surface area contributed by atoms with Gasteiger partial charge in [0.1, 0.15) is 12.0 Å². The van der Waals surface area contributed by atoms with Gasteiger partial charge in [-0.2, -0.15) is 0 Å². The Bertz CT molecular complexity index is 456. The molecule has 0 amide bonds. The molecule has 4 heteroatoms. The van der Waals surface area contributed by atoms with Gasteiger partial charge < -0.3 is 14.4 Å². The molecule has 1 aromatic rings. The van der Waals surface area contributed by atoms with Crippen molar-refractivity contribution >= 4 is 22.2 Å². The summed E-state index contributed by atoms with van der Waals surface area (Å²) in [7, 11) is 0. The minimum atomic E-state index is 0.295. The molecule has 116 valence electrons. The summed E-state index contributed by atoms with van der Waals surface area (Å²) in [5, 5.41) is 0. The number of benzene rings is 1. The molecular formula is C17H24BrNO2. The van der Waals surface area contributed by atoms with Crippen molar-refractivity contribution < 1.29 is 9.53 Å². The van der Waals surface area contributed by atoms with Crippen molar-refractivity contribution in [2.75, 3.05) is 26.2 Å². The number of nitrogens with zero attached hydrogens (tertiary/aromatic N) is 1. The molecule has 1 heterocycles. The third kappa shape index (κ3) is 5.11. The van der Waals surface area contributed by atoms with Crippen molar-refractivity contribution in [3.05, 3.63) is 28.2 Å². The van der Waals surface area contributed by atoms with E-state index in [0.29, 0.717) is 5.92 Å². The number of halogens is 1. The molecule has 1 fully saturated rings. The number of hydrogen-bond donors (Lipinski definition) is 0. The number of carbonyl (C=O) groups excluding carboxylic acids is 1. The standard InChI is InChI=1S/C17H24BrNO2/c1-14-16(18)5-4-6-17(14)21-12-3-2-9-19-10-7-15(13-20)8-11-19/h4-6,13,15H,2-3,7-12H2,1H3. The zero-order chi connectivity index (χ0) is 15.1. The van der Waals surface area contributed by atoms with Gasteiger partial charge in [0.15, 0.2) is 0 Å². The van der Waals surface area contributed by atoms with Gasteiger partial charge in [-0.3, -0.25) is 0 Å². The van der Waals surface area contributed by atoms with Crippen molar-refractivity contribution in [2.45, 2.75) is 32.6 Å². The van der Waals surface area contributed by atoms with Crippen molar-refractivity contribution in [1.29, 1.82) is 0 Å². The molecular weight excluding hydrogens is 330 g/mol. The second-order valence-corrected chi connectivity index (χ2v) is 6.59. The molecule has 21 heavy (non-hydrogen) atoms. The average molecular weight is 354 g/mol. The number of carbonyl (C=O) groups is 1. The maximum atomic E-state index is 10.7. The second-order valence-electron chi connectivity index (χ2n) is 5.73. The minimum Gasteiger partial charge on any atom is -0.493 e. The number of rotatable bonds is 7. The Morgan fingerprint density at radius 1 is 1.33 bits per heavy atom. The Labute approximate surface area is 135 Å². The summed E-state index contributed by atoms with van der Waals surface area (Å²) in [6.45, 7) is 6.08. The molecule has 0 aliphatic carbocycles. The van der Waals surface area contributed by atoms with Crippen LogP contribution in [0.3, 0.4) is 0 Å². The predicted octanol–water partition coefficient (Wildman–Crippen LogP) is 3.83. The van der Waals surface area contributed by atoms with E-state index in [4.69, 9.17) is 4.74 Å². The Morgan fingerprint density at radius 3 is 2.81 bits per heavy atom. The lowest BCUT2D eigenvalue weighted by Gasteiger charge is -2.29. The molecule has 3 nitrogen and oxygen atoms in total. The molecule has 2 rings (SSSR count). The van der Waals surface area contributed by atoms with E-state index >= 15 is 0 Å². The summed E-state index contributed by atoms with van der Waals surface area (Å²) in [4.78, 5) is 13.2. The normalized spacial score (nSPS) is 16.9. The van der Waals surface area contributed by atoms with Gasteiger partial charge >= 0.3 is 0 Å². The highest BCUT2D eigenvalue weighted by Crippen LogP contribution is 2.25. The van der Waals surface area contributed by atoms with Crippen LogP contribution in [-0.4, -0.2) is 37.4 Å². The zero-order valence-corrected chi connectivity index (χ0v) is 14.3. The van der Waals surface area contributed by atoms with Crippen LogP contribution in [0.2, 0.25) is 0 Å². The summed E-state index contributed by atoms with van der Waals surface area (Å²) >= 11 is 3.52. The van der Waals surface area contributed by atoms with Gasteiger partial charge in [-0.15, -0.1) is 0 Å². The number of piperidine rings is 1. The molecule has 1 aromatic carbocycles. The van der Waals surface area contributed by atoms with E-state index in [1.807, 2.05) is 18.2 Å². The first-order chi connectivity index (χ1) is 10.2. The average Bonchev–Trinajstić information content (AvgIpc) is 2.51. The highest BCUT2D eigenvalue weighted by atomic mass is 79.9. The van der Waals surface area contributed by atoms with Gasteiger partial charge in [-0.1, -0.05) is 22.0 Å². The first-order valence-corrected chi connectivity index (χ1v) is 8.55. The lowest BCUT2D eigenvalue weighted by molar-refractivity contribution is -0.112. The zero-order valence-electron chi connectivity index (χ0n) is 12.7. The van der Waals surface area contributed by atoms with Gasteiger partial charge in [0.25, 0.3) is 0 Å². The van der Waals surface area contributed by atoms with Crippen LogP contribution in [0.5, 0.6) is 5.75 Å².